The van der Waals surface area contributed by atoms with Crippen molar-refractivity contribution in [2.45, 2.75) is 19.8 Å². The zero-order chi connectivity index (χ0) is 12.4. The smallest absolute Gasteiger partial charge is 0.258 e. The fourth-order valence-corrected chi connectivity index (χ4v) is 1.66. The summed E-state index contributed by atoms with van der Waals surface area (Å²) in [4.78, 5) is 22.4. The summed E-state index contributed by atoms with van der Waals surface area (Å²) in [6.07, 6.45) is 4.63. The van der Waals surface area contributed by atoms with Crippen LogP contribution in [0.2, 0.25) is 0 Å². The van der Waals surface area contributed by atoms with E-state index in [4.69, 9.17) is 0 Å². The molecule has 17 heavy (non-hydrogen) atoms. The molecule has 2 heterocycles. The summed E-state index contributed by atoms with van der Waals surface area (Å²) in [5.41, 5.74) is 0.0165. The van der Waals surface area contributed by atoms with Gasteiger partial charge in [-0.3, -0.25) is 4.79 Å². The van der Waals surface area contributed by atoms with Gasteiger partial charge in [-0.15, -0.1) is 0 Å². The van der Waals surface area contributed by atoms with E-state index in [1.165, 1.54) is 0 Å². The minimum absolute atomic E-state index is 0.214. The Kier molecular flexibility index (Phi) is 2.95. The summed E-state index contributed by atoms with van der Waals surface area (Å²) in [5, 5.41) is 9.72. The van der Waals surface area contributed by atoms with Crippen LogP contribution in [0, 0.1) is 0 Å². The number of hydrogen-bond donors (Lipinski definition) is 2. The number of aromatic amines is 1. The fraction of sp³-hybridized carbons (Fsp3) is 0.364. The Hall–Kier alpha value is -2.11. The van der Waals surface area contributed by atoms with E-state index in [0.717, 1.165) is 6.42 Å². The number of aryl methyl sites for hydroxylation is 1. The summed E-state index contributed by atoms with van der Waals surface area (Å²) in [6.45, 7) is 1.94. The van der Waals surface area contributed by atoms with Crippen molar-refractivity contribution in [1.82, 2.24) is 19.5 Å². The number of imidazole rings is 1. The second-order valence-electron chi connectivity index (χ2n) is 3.83. The van der Waals surface area contributed by atoms with Gasteiger partial charge in [0.05, 0.1) is 5.56 Å². The number of H-pyrrole nitrogens is 1. The SMILES string of the molecule is CCCc1c(O)nc(-c2nccn2C)[nH]c1=O. The Morgan fingerprint density at radius 2 is 2.29 bits per heavy atom. The topological polar surface area (TPSA) is 83.8 Å². The number of hydrogen-bond acceptors (Lipinski definition) is 4. The largest absolute Gasteiger partial charge is 0.493 e. The van der Waals surface area contributed by atoms with Crippen molar-refractivity contribution in [3.63, 3.8) is 0 Å². The van der Waals surface area contributed by atoms with Crippen molar-refractivity contribution in [1.29, 1.82) is 0 Å². The van der Waals surface area contributed by atoms with Gasteiger partial charge in [-0.05, 0) is 6.42 Å². The van der Waals surface area contributed by atoms with Gasteiger partial charge in [-0.1, -0.05) is 13.3 Å². The maximum atomic E-state index is 11.8. The van der Waals surface area contributed by atoms with Crippen LogP contribution in [0.4, 0.5) is 0 Å². The Balaban J connectivity index is 2.53. The highest BCUT2D eigenvalue weighted by molar-refractivity contribution is 5.45. The number of aromatic nitrogens is 4. The second-order valence-corrected chi connectivity index (χ2v) is 3.83. The molecule has 0 aliphatic carbocycles. The maximum Gasteiger partial charge on any atom is 0.258 e. The van der Waals surface area contributed by atoms with Crippen LogP contribution in [0.1, 0.15) is 18.9 Å². The van der Waals surface area contributed by atoms with Gasteiger partial charge >= 0.3 is 0 Å². The first-order chi connectivity index (χ1) is 8.13. The molecule has 0 aliphatic heterocycles. The van der Waals surface area contributed by atoms with E-state index in [-0.39, 0.29) is 17.3 Å². The molecule has 0 unspecified atom stereocenters. The first-order valence-corrected chi connectivity index (χ1v) is 5.43. The molecule has 2 aromatic rings. The van der Waals surface area contributed by atoms with Crippen molar-refractivity contribution in [2.24, 2.45) is 7.05 Å². The summed E-state index contributed by atoms with van der Waals surface area (Å²) in [5.74, 6) is 0.578. The van der Waals surface area contributed by atoms with Gasteiger partial charge in [0.2, 0.25) is 5.88 Å². The molecule has 6 nitrogen and oxygen atoms in total. The molecule has 2 rings (SSSR count). The number of rotatable bonds is 3. The Labute approximate surface area is 98.0 Å². The van der Waals surface area contributed by atoms with Crippen LogP contribution in [-0.4, -0.2) is 24.6 Å². The normalized spacial score (nSPS) is 10.7. The molecule has 0 fully saturated rings. The van der Waals surface area contributed by atoms with E-state index in [2.05, 4.69) is 15.0 Å². The average molecular weight is 234 g/mol. The lowest BCUT2D eigenvalue weighted by atomic mass is 10.2. The zero-order valence-electron chi connectivity index (χ0n) is 9.77. The quantitative estimate of drug-likeness (QED) is 0.823. The summed E-state index contributed by atoms with van der Waals surface area (Å²) in [7, 11) is 1.79. The Bertz CT molecular complexity index is 585. The highest BCUT2D eigenvalue weighted by atomic mass is 16.3. The highest BCUT2D eigenvalue weighted by Gasteiger charge is 2.13. The van der Waals surface area contributed by atoms with Crippen LogP contribution >= 0.6 is 0 Å². The van der Waals surface area contributed by atoms with Crippen LogP contribution in [0.5, 0.6) is 5.88 Å². The van der Waals surface area contributed by atoms with Crippen molar-refractivity contribution in [2.75, 3.05) is 0 Å². The van der Waals surface area contributed by atoms with Gasteiger partial charge in [0.1, 0.15) is 0 Å². The number of nitrogens with one attached hydrogen (secondary N) is 1. The first-order valence-electron chi connectivity index (χ1n) is 5.43. The molecular formula is C11H14N4O2. The van der Waals surface area contributed by atoms with E-state index < -0.39 is 0 Å². The van der Waals surface area contributed by atoms with Crippen molar-refractivity contribution >= 4 is 0 Å². The molecule has 0 radical (unpaired) electrons. The number of nitrogens with zero attached hydrogens (tertiary/aromatic N) is 3. The van der Waals surface area contributed by atoms with Gasteiger partial charge in [0.25, 0.3) is 5.56 Å². The lowest BCUT2D eigenvalue weighted by Gasteiger charge is -2.04. The predicted octanol–water partition coefficient (Wildman–Crippen LogP) is 0.829. The molecule has 0 amide bonds. The number of aromatic hydroxyl groups is 1. The minimum atomic E-state index is -0.308. The third-order valence-electron chi connectivity index (χ3n) is 2.53. The molecule has 0 spiro atoms. The van der Waals surface area contributed by atoms with E-state index in [1.54, 1.807) is 24.0 Å². The fourth-order valence-electron chi connectivity index (χ4n) is 1.66. The van der Waals surface area contributed by atoms with Crippen LogP contribution < -0.4 is 5.56 Å². The minimum Gasteiger partial charge on any atom is -0.493 e. The molecule has 0 atom stereocenters. The van der Waals surface area contributed by atoms with E-state index in [0.29, 0.717) is 17.8 Å². The summed E-state index contributed by atoms with van der Waals surface area (Å²) in [6, 6.07) is 0. The zero-order valence-corrected chi connectivity index (χ0v) is 9.77. The first kappa shape index (κ1) is 11.4. The van der Waals surface area contributed by atoms with Gasteiger partial charge in [0, 0.05) is 19.4 Å². The van der Waals surface area contributed by atoms with Crippen LogP contribution in [-0.2, 0) is 13.5 Å². The van der Waals surface area contributed by atoms with E-state index >= 15 is 0 Å². The van der Waals surface area contributed by atoms with E-state index in [1.807, 2.05) is 6.92 Å². The van der Waals surface area contributed by atoms with Crippen molar-refractivity contribution in [3.8, 4) is 17.5 Å². The van der Waals surface area contributed by atoms with Crippen molar-refractivity contribution < 1.29 is 5.11 Å². The van der Waals surface area contributed by atoms with Crippen molar-refractivity contribution in [3.05, 3.63) is 28.3 Å². The van der Waals surface area contributed by atoms with Crippen LogP contribution in [0.25, 0.3) is 11.6 Å². The molecule has 2 aromatic heterocycles. The molecular weight excluding hydrogens is 220 g/mol. The lowest BCUT2D eigenvalue weighted by Crippen LogP contribution is -2.16. The molecule has 90 valence electrons. The molecule has 2 N–H and O–H groups in total. The lowest BCUT2D eigenvalue weighted by molar-refractivity contribution is 0.443. The van der Waals surface area contributed by atoms with E-state index in [9.17, 15) is 9.90 Å². The van der Waals surface area contributed by atoms with Crippen LogP contribution in [0.3, 0.4) is 0 Å². The Morgan fingerprint density at radius 1 is 1.53 bits per heavy atom. The molecule has 0 saturated carbocycles. The maximum absolute atomic E-state index is 11.8. The van der Waals surface area contributed by atoms with Crippen LogP contribution in [0.15, 0.2) is 17.2 Å². The molecule has 0 bridgehead atoms. The monoisotopic (exact) mass is 234 g/mol. The molecule has 6 heteroatoms. The van der Waals surface area contributed by atoms with Gasteiger partial charge in [-0.2, -0.15) is 4.98 Å². The summed E-state index contributed by atoms with van der Waals surface area (Å²) < 4.78 is 1.72. The molecule has 0 saturated heterocycles. The third kappa shape index (κ3) is 2.06. The highest BCUT2D eigenvalue weighted by Crippen LogP contribution is 2.16. The second kappa shape index (κ2) is 4.40. The molecule has 0 aliphatic rings. The third-order valence-corrected chi connectivity index (χ3v) is 2.53. The standard InChI is InChI=1S/C11H14N4O2/c1-3-4-7-10(16)13-8(14-11(7)17)9-12-5-6-15(9)2/h5-6H,3-4H2,1-2H3,(H2,13,14,16,17). The summed E-state index contributed by atoms with van der Waals surface area (Å²) >= 11 is 0. The predicted molar refractivity (Wildman–Crippen MR) is 62.7 cm³/mol. The molecule has 0 aromatic carbocycles. The van der Waals surface area contributed by atoms with Gasteiger partial charge in [-0.25, -0.2) is 4.98 Å². The Morgan fingerprint density at radius 3 is 2.82 bits per heavy atom. The van der Waals surface area contributed by atoms with Gasteiger partial charge in [0.15, 0.2) is 11.6 Å². The average Bonchev–Trinajstić information content (AvgIpc) is 2.69. The van der Waals surface area contributed by atoms with Gasteiger partial charge < -0.3 is 14.7 Å².